The molecule has 0 saturated carbocycles. The number of carbonyl (C=O) groups excluding carboxylic acids is 1. The molecule has 2 aromatic rings. The van der Waals surface area contributed by atoms with Gasteiger partial charge in [-0.05, 0) is 74.2 Å². The Labute approximate surface area is 155 Å². The van der Waals surface area contributed by atoms with Crippen LogP contribution in [0, 0.1) is 0 Å². The molecular weight excluding hydrogens is 324 g/mol. The number of hydrogen-bond acceptors (Lipinski definition) is 3. The predicted molar refractivity (Wildman–Crippen MR) is 104 cm³/mol. The van der Waals surface area contributed by atoms with Gasteiger partial charge in [-0.2, -0.15) is 0 Å². The van der Waals surface area contributed by atoms with Crippen molar-refractivity contribution in [1.82, 2.24) is 10.2 Å². The van der Waals surface area contributed by atoms with Crippen LogP contribution in [0.4, 0.5) is 0 Å². The van der Waals surface area contributed by atoms with Crippen LogP contribution in [0.25, 0.3) is 11.1 Å². The molecule has 4 rings (SSSR count). The predicted octanol–water partition coefficient (Wildman–Crippen LogP) is 3.72. The van der Waals surface area contributed by atoms with Crippen LogP contribution in [-0.4, -0.2) is 43.1 Å². The number of carbonyl (C=O) groups is 1. The van der Waals surface area contributed by atoms with Gasteiger partial charge in [0.05, 0.1) is 0 Å². The van der Waals surface area contributed by atoms with Crippen molar-refractivity contribution in [2.75, 3.05) is 26.2 Å². The van der Waals surface area contributed by atoms with Crippen LogP contribution in [0.5, 0.6) is 5.75 Å². The largest absolute Gasteiger partial charge is 0.490 e. The summed E-state index contributed by atoms with van der Waals surface area (Å²) < 4.78 is 6.06. The molecule has 1 amide bonds. The zero-order valence-corrected chi connectivity index (χ0v) is 15.1. The Kier molecular flexibility index (Phi) is 5.21. The Balaban J connectivity index is 1.41. The van der Waals surface area contributed by atoms with Gasteiger partial charge >= 0.3 is 0 Å². The second-order valence-corrected chi connectivity index (χ2v) is 7.17. The van der Waals surface area contributed by atoms with E-state index in [-0.39, 0.29) is 5.91 Å². The van der Waals surface area contributed by atoms with Crippen LogP contribution in [0.2, 0.25) is 0 Å². The Morgan fingerprint density at radius 2 is 1.46 bits per heavy atom. The van der Waals surface area contributed by atoms with Gasteiger partial charge < -0.3 is 15.0 Å². The molecule has 4 nitrogen and oxygen atoms in total. The van der Waals surface area contributed by atoms with Gasteiger partial charge in [-0.3, -0.25) is 4.79 Å². The third kappa shape index (κ3) is 3.91. The second-order valence-electron chi connectivity index (χ2n) is 7.17. The van der Waals surface area contributed by atoms with E-state index in [0.29, 0.717) is 6.10 Å². The average Bonchev–Trinajstić information content (AvgIpc) is 3.24. The summed E-state index contributed by atoms with van der Waals surface area (Å²) in [6, 6.07) is 16.2. The highest BCUT2D eigenvalue weighted by atomic mass is 16.5. The number of rotatable bonds is 4. The van der Waals surface area contributed by atoms with Gasteiger partial charge in [-0.1, -0.05) is 24.3 Å². The van der Waals surface area contributed by atoms with Crippen molar-refractivity contribution in [1.29, 1.82) is 0 Å². The maximum absolute atomic E-state index is 12.4. The highest BCUT2D eigenvalue weighted by molar-refractivity contribution is 5.94. The number of amides is 1. The number of likely N-dealkylation sites (tertiary alicyclic amines) is 1. The number of piperidine rings is 1. The van der Waals surface area contributed by atoms with Gasteiger partial charge in [0.2, 0.25) is 0 Å². The summed E-state index contributed by atoms with van der Waals surface area (Å²) in [7, 11) is 0. The quantitative estimate of drug-likeness (QED) is 0.914. The van der Waals surface area contributed by atoms with Crippen LogP contribution in [0.15, 0.2) is 48.5 Å². The van der Waals surface area contributed by atoms with Crippen LogP contribution < -0.4 is 10.1 Å². The SMILES string of the molecule is O=C(c1ccc(-c2ccc(OC3CCNCC3)cc2)cc1)N1CCCC1. The zero-order chi connectivity index (χ0) is 17.8. The molecule has 2 aliphatic heterocycles. The molecule has 2 aromatic carbocycles. The molecule has 0 atom stereocenters. The van der Waals surface area contributed by atoms with E-state index in [0.717, 1.165) is 74.3 Å². The normalized spacial score (nSPS) is 18.1. The third-order valence-corrected chi connectivity index (χ3v) is 5.30. The van der Waals surface area contributed by atoms with Gasteiger partial charge in [0.25, 0.3) is 5.91 Å². The fourth-order valence-corrected chi connectivity index (χ4v) is 3.74. The lowest BCUT2D eigenvalue weighted by atomic mass is 10.0. The minimum absolute atomic E-state index is 0.153. The summed E-state index contributed by atoms with van der Waals surface area (Å²) in [5.41, 5.74) is 3.04. The van der Waals surface area contributed by atoms with Gasteiger partial charge in [0, 0.05) is 18.7 Å². The zero-order valence-electron chi connectivity index (χ0n) is 15.1. The number of hydrogen-bond donors (Lipinski definition) is 1. The van der Waals surface area contributed by atoms with E-state index in [2.05, 4.69) is 17.4 Å². The summed E-state index contributed by atoms with van der Waals surface area (Å²) in [6.07, 6.45) is 4.69. The monoisotopic (exact) mass is 350 g/mol. The van der Waals surface area contributed by atoms with Crippen LogP contribution in [-0.2, 0) is 0 Å². The molecule has 2 fully saturated rings. The average molecular weight is 350 g/mol. The molecule has 0 bridgehead atoms. The molecule has 136 valence electrons. The number of nitrogens with one attached hydrogen (secondary N) is 1. The highest BCUT2D eigenvalue weighted by Gasteiger charge is 2.19. The molecule has 4 heteroatoms. The van der Waals surface area contributed by atoms with Gasteiger partial charge in [0.15, 0.2) is 0 Å². The molecule has 0 unspecified atom stereocenters. The standard InChI is InChI=1S/C22H26N2O2/c25-22(24-15-1-2-16-24)19-5-3-17(4-6-19)18-7-9-20(10-8-18)26-21-11-13-23-14-12-21/h3-10,21,23H,1-2,11-16H2. The fourth-order valence-electron chi connectivity index (χ4n) is 3.74. The Bertz CT molecular complexity index is 728. The summed E-state index contributed by atoms with van der Waals surface area (Å²) in [6.45, 7) is 3.84. The lowest BCUT2D eigenvalue weighted by Gasteiger charge is -2.23. The minimum Gasteiger partial charge on any atom is -0.490 e. The minimum atomic E-state index is 0.153. The van der Waals surface area contributed by atoms with Crippen molar-refractivity contribution in [3.63, 3.8) is 0 Å². The van der Waals surface area contributed by atoms with Crippen molar-refractivity contribution in [2.24, 2.45) is 0 Å². The van der Waals surface area contributed by atoms with Crippen molar-refractivity contribution in [3.8, 4) is 16.9 Å². The van der Waals surface area contributed by atoms with Crippen molar-refractivity contribution in [3.05, 3.63) is 54.1 Å². The van der Waals surface area contributed by atoms with Crippen LogP contribution in [0.1, 0.15) is 36.0 Å². The Morgan fingerprint density at radius 1 is 0.885 bits per heavy atom. The molecular formula is C22H26N2O2. The van der Waals surface area contributed by atoms with Crippen molar-refractivity contribution in [2.45, 2.75) is 31.8 Å². The highest BCUT2D eigenvalue weighted by Crippen LogP contribution is 2.25. The summed E-state index contributed by atoms with van der Waals surface area (Å²) in [4.78, 5) is 14.4. The van der Waals surface area contributed by atoms with E-state index >= 15 is 0 Å². The summed E-state index contributed by atoms with van der Waals surface area (Å²) in [5, 5.41) is 3.35. The Hall–Kier alpha value is -2.33. The summed E-state index contributed by atoms with van der Waals surface area (Å²) in [5.74, 6) is 1.08. The number of ether oxygens (including phenoxy) is 1. The van der Waals surface area contributed by atoms with Gasteiger partial charge in [-0.25, -0.2) is 0 Å². The maximum atomic E-state index is 12.4. The molecule has 2 saturated heterocycles. The smallest absolute Gasteiger partial charge is 0.253 e. The topological polar surface area (TPSA) is 41.6 Å². The molecule has 0 spiro atoms. The molecule has 2 aliphatic rings. The maximum Gasteiger partial charge on any atom is 0.253 e. The first kappa shape index (κ1) is 17.1. The van der Waals surface area contributed by atoms with E-state index in [1.165, 1.54) is 0 Å². The molecule has 0 aromatic heterocycles. The summed E-state index contributed by atoms with van der Waals surface area (Å²) >= 11 is 0. The lowest BCUT2D eigenvalue weighted by molar-refractivity contribution is 0.0793. The number of nitrogens with zero attached hydrogens (tertiary/aromatic N) is 1. The van der Waals surface area contributed by atoms with Gasteiger partial charge in [0.1, 0.15) is 11.9 Å². The molecule has 0 aliphatic carbocycles. The molecule has 2 heterocycles. The molecule has 26 heavy (non-hydrogen) atoms. The first-order valence-corrected chi connectivity index (χ1v) is 9.67. The van der Waals surface area contributed by atoms with E-state index < -0.39 is 0 Å². The van der Waals surface area contributed by atoms with E-state index in [9.17, 15) is 4.79 Å². The molecule has 0 radical (unpaired) electrons. The van der Waals surface area contributed by atoms with Crippen molar-refractivity contribution >= 4 is 5.91 Å². The second kappa shape index (κ2) is 7.92. The number of benzene rings is 2. The third-order valence-electron chi connectivity index (χ3n) is 5.30. The van der Waals surface area contributed by atoms with Crippen molar-refractivity contribution < 1.29 is 9.53 Å². The lowest BCUT2D eigenvalue weighted by Crippen LogP contribution is -2.34. The van der Waals surface area contributed by atoms with E-state index in [4.69, 9.17) is 4.74 Å². The van der Waals surface area contributed by atoms with E-state index in [1.807, 2.05) is 41.3 Å². The van der Waals surface area contributed by atoms with Gasteiger partial charge in [-0.15, -0.1) is 0 Å². The fraction of sp³-hybridized carbons (Fsp3) is 0.409. The molecule has 1 N–H and O–H groups in total. The Morgan fingerprint density at radius 3 is 2.08 bits per heavy atom. The van der Waals surface area contributed by atoms with Crippen LogP contribution >= 0.6 is 0 Å². The first-order valence-electron chi connectivity index (χ1n) is 9.67. The van der Waals surface area contributed by atoms with Crippen LogP contribution in [0.3, 0.4) is 0 Å². The first-order chi connectivity index (χ1) is 12.8. The van der Waals surface area contributed by atoms with E-state index in [1.54, 1.807) is 0 Å².